The number of ether oxygens (including phenoxy) is 1. The molecule has 0 aliphatic heterocycles. The van der Waals surface area contributed by atoms with Crippen LogP contribution in [0.3, 0.4) is 0 Å². The van der Waals surface area contributed by atoms with Crippen molar-refractivity contribution in [3.05, 3.63) is 77.2 Å². The summed E-state index contributed by atoms with van der Waals surface area (Å²) >= 11 is 6.35. The minimum absolute atomic E-state index is 0.220. The van der Waals surface area contributed by atoms with Crippen LogP contribution in [0.25, 0.3) is 11.3 Å². The van der Waals surface area contributed by atoms with Gasteiger partial charge in [-0.2, -0.15) is 5.10 Å². The molecule has 1 amide bonds. The Morgan fingerprint density at radius 2 is 1.94 bits per heavy atom. The van der Waals surface area contributed by atoms with Crippen molar-refractivity contribution in [1.29, 1.82) is 0 Å². The van der Waals surface area contributed by atoms with Crippen molar-refractivity contribution in [1.82, 2.24) is 25.1 Å². The number of aromatic nitrogens is 4. The Morgan fingerprint density at radius 3 is 2.64 bits per heavy atom. The number of nitrogens with zero attached hydrogens (tertiary/aromatic N) is 4. The van der Waals surface area contributed by atoms with Gasteiger partial charge in [-0.25, -0.2) is 9.97 Å². The number of halogens is 1. The average molecular weight is 506 g/mol. The number of hydrogen-bond acceptors (Lipinski definition) is 7. The van der Waals surface area contributed by atoms with E-state index >= 15 is 0 Å². The SMILES string of the molecule is COc1cc(Nc2ncc(Cl)c(-c3cnn(C(C)C)c3)n2)ccc1C(=O)NCCc1ccc(N)cc1. The van der Waals surface area contributed by atoms with E-state index in [1.165, 1.54) is 7.11 Å². The van der Waals surface area contributed by atoms with Gasteiger partial charge in [-0.1, -0.05) is 23.7 Å². The van der Waals surface area contributed by atoms with E-state index in [0.29, 0.717) is 52.3 Å². The van der Waals surface area contributed by atoms with Crippen molar-refractivity contribution in [3.8, 4) is 17.0 Å². The number of hydrogen-bond donors (Lipinski definition) is 3. The van der Waals surface area contributed by atoms with E-state index in [9.17, 15) is 4.79 Å². The van der Waals surface area contributed by atoms with Gasteiger partial charge in [0, 0.05) is 41.8 Å². The lowest BCUT2D eigenvalue weighted by Crippen LogP contribution is -2.26. The van der Waals surface area contributed by atoms with Crippen molar-refractivity contribution in [3.63, 3.8) is 0 Å². The fourth-order valence-electron chi connectivity index (χ4n) is 3.56. The number of nitrogens with one attached hydrogen (secondary N) is 2. The summed E-state index contributed by atoms with van der Waals surface area (Å²) in [6, 6.07) is 13.0. The number of rotatable bonds is 9. The molecule has 2 aromatic carbocycles. The third-order valence-electron chi connectivity index (χ3n) is 5.53. The second-order valence-electron chi connectivity index (χ2n) is 8.48. The molecule has 0 unspecified atom stereocenters. The highest BCUT2D eigenvalue weighted by Gasteiger charge is 2.15. The summed E-state index contributed by atoms with van der Waals surface area (Å²) in [7, 11) is 1.52. The summed E-state index contributed by atoms with van der Waals surface area (Å²) < 4.78 is 7.31. The lowest BCUT2D eigenvalue weighted by atomic mass is 10.1. The van der Waals surface area contributed by atoms with E-state index < -0.39 is 0 Å². The van der Waals surface area contributed by atoms with E-state index in [1.54, 1.807) is 30.6 Å². The number of carbonyl (C=O) groups is 1. The van der Waals surface area contributed by atoms with E-state index in [-0.39, 0.29) is 11.9 Å². The van der Waals surface area contributed by atoms with Gasteiger partial charge in [-0.05, 0) is 50.1 Å². The van der Waals surface area contributed by atoms with Crippen LogP contribution in [0.2, 0.25) is 5.02 Å². The first kappa shape index (κ1) is 25.0. The molecule has 2 aromatic heterocycles. The maximum absolute atomic E-state index is 12.7. The molecular formula is C26H28ClN7O2. The van der Waals surface area contributed by atoms with Crippen molar-refractivity contribution >= 4 is 34.8 Å². The standard InChI is InChI=1S/C26H28ClN7O2/c1-16(2)34-15-18(13-31-34)24-22(27)14-30-26(33-24)32-20-8-9-21(23(12-20)36-3)25(35)29-11-10-17-4-6-19(28)7-5-17/h4-9,12-16H,10-11,28H2,1-3H3,(H,29,35)(H,30,32,33). The van der Waals surface area contributed by atoms with Crippen molar-refractivity contribution in [2.75, 3.05) is 24.7 Å². The van der Waals surface area contributed by atoms with E-state index in [1.807, 2.05) is 49.0 Å². The van der Waals surface area contributed by atoms with Gasteiger partial charge in [0.2, 0.25) is 5.95 Å². The second kappa shape index (κ2) is 11.1. The number of anilines is 3. The number of methoxy groups -OCH3 is 1. The highest BCUT2D eigenvalue weighted by Crippen LogP contribution is 2.29. The van der Waals surface area contributed by atoms with Gasteiger partial charge in [-0.15, -0.1) is 0 Å². The molecule has 4 rings (SSSR count). The molecule has 0 saturated carbocycles. The first-order valence-corrected chi connectivity index (χ1v) is 11.9. The van der Waals surface area contributed by atoms with Gasteiger partial charge < -0.3 is 21.1 Å². The zero-order valence-electron chi connectivity index (χ0n) is 20.3. The molecule has 0 atom stereocenters. The van der Waals surface area contributed by atoms with Crippen LogP contribution in [-0.2, 0) is 6.42 Å². The number of nitrogen functional groups attached to an aromatic ring is 1. The molecule has 0 spiro atoms. The predicted octanol–water partition coefficient (Wildman–Crippen LogP) is 4.88. The van der Waals surface area contributed by atoms with Crippen molar-refractivity contribution in [2.24, 2.45) is 0 Å². The Balaban J connectivity index is 1.45. The van der Waals surface area contributed by atoms with E-state index in [2.05, 4.69) is 25.7 Å². The van der Waals surface area contributed by atoms with Gasteiger partial charge in [0.1, 0.15) is 5.75 Å². The minimum Gasteiger partial charge on any atom is -0.496 e. The fourth-order valence-corrected chi connectivity index (χ4v) is 3.76. The molecule has 0 radical (unpaired) electrons. The highest BCUT2D eigenvalue weighted by molar-refractivity contribution is 6.32. The highest BCUT2D eigenvalue weighted by atomic mass is 35.5. The zero-order valence-corrected chi connectivity index (χ0v) is 21.1. The molecule has 36 heavy (non-hydrogen) atoms. The van der Waals surface area contributed by atoms with Crippen LogP contribution in [0.15, 0.2) is 61.1 Å². The molecule has 9 nitrogen and oxygen atoms in total. The van der Waals surface area contributed by atoms with Crippen LogP contribution < -0.4 is 21.1 Å². The smallest absolute Gasteiger partial charge is 0.255 e. The van der Waals surface area contributed by atoms with Gasteiger partial charge in [0.15, 0.2) is 0 Å². The summed E-state index contributed by atoms with van der Waals surface area (Å²) in [5.41, 5.74) is 9.98. The van der Waals surface area contributed by atoms with E-state index in [0.717, 1.165) is 11.1 Å². The van der Waals surface area contributed by atoms with Gasteiger partial charge in [0.25, 0.3) is 5.91 Å². The van der Waals surface area contributed by atoms with Crippen molar-refractivity contribution < 1.29 is 9.53 Å². The molecular weight excluding hydrogens is 478 g/mol. The number of nitrogens with two attached hydrogens (primary N) is 1. The summed E-state index contributed by atoms with van der Waals surface area (Å²) in [6.45, 7) is 4.58. The quantitative estimate of drug-likeness (QED) is 0.277. The number of carbonyl (C=O) groups excluding carboxylic acids is 1. The Kier molecular flexibility index (Phi) is 7.70. The fraction of sp³-hybridized carbons (Fsp3) is 0.231. The average Bonchev–Trinajstić information content (AvgIpc) is 3.37. The number of amides is 1. The van der Waals surface area contributed by atoms with Gasteiger partial charge in [-0.3, -0.25) is 9.48 Å². The summed E-state index contributed by atoms with van der Waals surface area (Å²) in [5, 5.41) is 10.9. The first-order valence-electron chi connectivity index (χ1n) is 11.5. The Bertz CT molecular complexity index is 1350. The molecule has 0 bridgehead atoms. The maximum atomic E-state index is 12.7. The molecule has 10 heteroatoms. The lowest BCUT2D eigenvalue weighted by molar-refractivity contribution is 0.0951. The Labute approximate surface area is 214 Å². The van der Waals surface area contributed by atoms with Gasteiger partial charge in [0.05, 0.1) is 35.8 Å². The van der Waals surface area contributed by atoms with Crippen LogP contribution in [0.4, 0.5) is 17.3 Å². The molecule has 2 heterocycles. The Hall–Kier alpha value is -4.11. The summed E-state index contributed by atoms with van der Waals surface area (Å²) in [6.07, 6.45) is 5.85. The molecule has 0 saturated heterocycles. The minimum atomic E-state index is -0.221. The van der Waals surface area contributed by atoms with Crippen LogP contribution in [0.5, 0.6) is 5.75 Å². The third kappa shape index (κ3) is 5.92. The molecule has 0 fully saturated rings. The molecule has 4 N–H and O–H groups in total. The molecule has 0 aliphatic rings. The van der Waals surface area contributed by atoms with Gasteiger partial charge >= 0.3 is 0 Å². The molecule has 0 aliphatic carbocycles. The van der Waals surface area contributed by atoms with Crippen LogP contribution in [-0.4, -0.2) is 39.3 Å². The monoisotopic (exact) mass is 505 g/mol. The summed E-state index contributed by atoms with van der Waals surface area (Å²) in [5.74, 6) is 0.563. The topological polar surface area (TPSA) is 120 Å². The van der Waals surface area contributed by atoms with Crippen molar-refractivity contribution in [2.45, 2.75) is 26.3 Å². The second-order valence-corrected chi connectivity index (χ2v) is 8.89. The van der Waals surface area contributed by atoms with E-state index in [4.69, 9.17) is 22.1 Å². The lowest BCUT2D eigenvalue weighted by Gasteiger charge is -2.12. The largest absolute Gasteiger partial charge is 0.496 e. The first-order chi connectivity index (χ1) is 17.3. The van der Waals surface area contributed by atoms with Crippen LogP contribution in [0, 0.1) is 0 Å². The maximum Gasteiger partial charge on any atom is 0.255 e. The molecule has 186 valence electrons. The molecule has 4 aromatic rings. The normalized spacial score (nSPS) is 10.9. The summed E-state index contributed by atoms with van der Waals surface area (Å²) in [4.78, 5) is 21.6. The van der Waals surface area contributed by atoms with Crippen LogP contribution >= 0.6 is 11.6 Å². The van der Waals surface area contributed by atoms with Crippen LogP contribution in [0.1, 0.15) is 35.8 Å². The third-order valence-corrected chi connectivity index (χ3v) is 5.81. The Morgan fingerprint density at radius 1 is 1.17 bits per heavy atom. The number of benzene rings is 2. The predicted molar refractivity (Wildman–Crippen MR) is 142 cm³/mol. The zero-order chi connectivity index (χ0) is 25.7.